The molecule has 0 spiro atoms. The largest absolute Gasteiger partial charge is 0.370 e. The fourth-order valence-corrected chi connectivity index (χ4v) is 0. The topological polar surface area (TPSA) is 86.2 Å². The maximum absolute atomic E-state index is 9.82. The molecule has 0 heterocycles. The molecule has 0 rings (SSSR count). The Hall–Kier alpha value is -1.32. The zero-order valence-electron chi connectivity index (χ0n) is 6.18. The fourth-order valence-electron chi connectivity index (χ4n) is 0. The van der Waals surface area contributed by atoms with Crippen molar-refractivity contribution in [1.29, 1.82) is 0 Å². The van der Waals surface area contributed by atoms with Crippen molar-refractivity contribution in [3.8, 4) is 0 Å². The molecule has 4 N–H and O–H groups in total. The van der Waals surface area contributed by atoms with Crippen molar-refractivity contribution >= 4 is 11.8 Å². The third kappa shape index (κ3) is 30.0. The molecule has 0 saturated carbocycles. The Labute approximate surface area is 59.9 Å². The molecule has 0 saturated heterocycles. The lowest BCUT2D eigenvalue weighted by molar-refractivity contribution is -0.116. The quantitative estimate of drug-likeness (QED) is 0.488. The van der Waals surface area contributed by atoms with Crippen LogP contribution in [-0.4, -0.2) is 11.8 Å². The zero-order valence-corrected chi connectivity index (χ0v) is 6.18. The van der Waals surface area contributed by atoms with Crippen molar-refractivity contribution in [3.63, 3.8) is 0 Å². The molecule has 0 aromatic carbocycles. The summed E-state index contributed by atoms with van der Waals surface area (Å²) in [6.07, 6.45) is 0. The van der Waals surface area contributed by atoms with Crippen molar-refractivity contribution in [2.75, 3.05) is 0 Å². The highest BCUT2D eigenvalue weighted by atomic mass is 16.1. The van der Waals surface area contributed by atoms with E-state index < -0.39 is 5.91 Å². The second-order valence-electron chi connectivity index (χ2n) is 1.76. The maximum atomic E-state index is 9.82. The van der Waals surface area contributed by atoms with E-state index in [-0.39, 0.29) is 5.91 Å². The molecular weight excluding hydrogens is 132 g/mol. The summed E-state index contributed by atoms with van der Waals surface area (Å²) in [6.45, 7) is 6.16. The zero-order chi connectivity index (χ0) is 8.73. The first-order valence-corrected chi connectivity index (χ1v) is 2.59. The number of amides is 2. The van der Waals surface area contributed by atoms with Crippen LogP contribution < -0.4 is 11.5 Å². The van der Waals surface area contributed by atoms with Crippen molar-refractivity contribution < 1.29 is 9.59 Å². The fraction of sp³-hybridized carbons (Fsp3) is 0.333. The van der Waals surface area contributed by atoms with Crippen LogP contribution in [0.3, 0.4) is 0 Å². The van der Waals surface area contributed by atoms with Gasteiger partial charge in [-0.3, -0.25) is 9.59 Å². The standard InChI is InChI=1S/C4H7NO.C2H5NO/c1-3(2)4(5)6;1-2(3)4/h1H2,2H3,(H2,5,6);1H3,(H2,3,4). The minimum atomic E-state index is -0.435. The van der Waals surface area contributed by atoms with E-state index in [1.165, 1.54) is 6.92 Å². The first-order valence-electron chi connectivity index (χ1n) is 2.59. The van der Waals surface area contributed by atoms with Gasteiger partial charge in [-0.15, -0.1) is 0 Å². The predicted octanol–water partition coefficient (Wildman–Crippen LogP) is -0.461. The number of primary amides is 2. The molecule has 0 radical (unpaired) electrons. The molecule has 4 nitrogen and oxygen atoms in total. The van der Waals surface area contributed by atoms with Gasteiger partial charge in [-0.05, 0) is 6.92 Å². The molecule has 0 aliphatic carbocycles. The maximum Gasteiger partial charge on any atom is 0.243 e. The molecular formula is C6H12N2O2. The van der Waals surface area contributed by atoms with E-state index in [2.05, 4.69) is 12.3 Å². The van der Waals surface area contributed by atoms with Gasteiger partial charge in [0.05, 0.1) is 0 Å². The van der Waals surface area contributed by atoms with Crippen molar-refractivity contribution in [2.45, 2.75) is 13.8 Å². The van der Waals surface area contributed by atoms with Gasteiger partial charge in [0.2, 0.25) is 11.8 Å². The number of rotatable bonds is 1. The van der Waals surface area contributed by atoms with Crippen LogP contribution in [0.2, 0.25) is 0 Å². The van der Waals surface area contributed by atoms with E-state index in [4.69, 9.17) is 5.73 Å². The predicted molar refractivity (Wildman–Crippen MR) is 38.9 cm³/mol. The highest BCUT2D eigenvalue weighted by molar-refractivity contribution is 5.90. The molecule has 2 amide bonds. The van der Waals surface area contributed by atoms with Gasteiger partial charge in [0, 0.05) is 12.5 Å². The smallest absolute Gasteiger partial charge is 0.243 e. The van der Waals surface area contributed by atoms with Gasteiger partial charge in [-0.25, -0.2) is 0 Å². The minimum absolute atomic E-state index is 0.333. The molecule has 0 aliphatic rings. The second kappa shape index (κ2) is 5.81. The van der Waals surface area contributed by atoms with E-state index in [9.17, 15) is 9.59 Å². The molecule has 0 bridgehead atoms. The Morgan fingerprint density at radius 3 is 1.30 bits per heavy atom. The van der Waals surface area contributed by atoms with E-state index in [0.717, 1.165) is 0 Å². The Bertz CT molecular complexity index is 136. The van der Waals surface area contributed by atoms with Gasteiger partial charge >= 0.3 is 0 Å². The number of nitrogens with two attached hydrogens (primary N) is 2. The van der Waals surface area contributed by atoms with Gasteiger partial charge in [0.25, 0.3) is 0 Å². The molecule has 0 aromatic rings. The molecule has 10 heavy (non-hydrogen) atoms. The van der Waals surface area contributed by atoms with E-state index >= 15 is 0 Å². The Morgan fingerprint density at radius 1 is 1.20 bits per heavy atom. The van der Waals surface area contributed by atoms with E-state index in [0.29, 0.717) is 5.57 Å². The van der Waals surface area contributed by atoms with Crippen LogP contribution in [-0.2, 0) is 9.59 Å². The number of hydrogen-bond donors (Lipinski definition) is 2. The summed E-state index contributed by atoms with van der Waals surface area (Å²) < 4.78 is 0. The SMILES string of the molecule is C=C(C)C(N)=O.CC(N)=O. The molecule has 58 valence electrons. The third-order valence-electron chi connectivity index (χ3n) is 0.421. The van der Waals surface area contributed by atoms with E-state index in [1.807, 2.05) is 0 Å². The van der Waals surface area contributed by atoms with Crippen LogP contribution in [0.5, 0.6) is 0 Å². The minimum Gasteiger partial charge on any atom is -0.370 e. The molecule has 0 unspecified atom stereocenters. The number of carbonyl (C=O) groups is 2. The second-order valence-corrected chi connectivity index (χ2v) is 1.76. The van der Waals surface area contributed by atoms with Crippen molar-refractivity contribution in [1.82, 2.24) is 0 Å². The number of carbonyl (C=O) groups excluding carboxylic acids is 2. The summed E-state index contributed by atoms with van der Waals surface area (Å²) in [5, 5.41) is 0. The monoisotopic (exact) mass is 144 g/mol. The van der Waals surface area contributed by atoms with Crippen LogP contribution in [0, 0.1) is 0 Å². The highest BCUT2D eigenvalue weighted by Crippen LogP contribution is 1.78. The summed E-state index contributed by atoms with van der Waals surface area (Å²) in [6, 6.07) is 0. The normalized spacial score (nSPS) is 7.00. The van der Waals surface area contributed by atoms with Gasteiger partial charge in [-0.2, -0.15) is 0 Å². The molecule has 0 atom stereocenters. The van der Waals surface area contributed by atoms with Crippen LogP contribution in [0.15, 0.2) is 12.2 Å². The van der Waals surface area contributed by atoms with Crippen LogP contribution in [0.4, 0.5) is 0 Å². The third-order valence-corrected chi connectivity index (χ3v) is 0.421. The van der Waals surface area contributed by atoms with Gasteiger partial charge < -0.3 is 11.5 Å². The highest BCUT2D eigenvalue weighted by Gasteiger charge is 1.86. The van der Waals surface area contributed by atoms with Crippen molar-refractivity contribution in [3.05, 3.63) is 12.2 Å². The lowest BCUT2D eigenvalue weighted by Gasteiger charge is -1.81. The summed E-state index contributed by atoms with van der Waals surface area (Å²) in [5.41, 5.74) is 9.57. The Balaban J connectivity index is 0. The van der Waals surface area contributed by atoms with Crippen LogP contribution >= 0.6 is 0 Å². The van der Waals surface area contributed by atoms with E-state index in [1.54, 1.807) is 6.92 Å². The molecule has 0 aliphatic heterocycles. The van der Waals surface area contributed by atoms with Crippen LogP contribution in [0.25, 0.3) is 0 Å². The summed E-state index contributed by atoms with van der Waals surface area (Å²) in [5.74, 6) is -0.769. The average Bonchev–Trinajstić information content (AvgIpc) is 1.63. The first kappa shape index (κ1) is 11.5. The Morgan fingerprint density at radius 2 is 1.30 bits per heavy atom. The van der Waals surface area contributed by atoms with Gasteiger partial charge in [0.15, 0.2) is 0 Å². The Kier molecular flexibility index (Phi) is 6.67. The van der Waals surface area contributed by atoms with Gasteiger partial charge in [-0.1, -0.05) is 6.58 Å². The lowest BCUT2D eigenvalue weighted by atomic mass is 10.3. The number of hydrogen-bond acceptors (Lipinski definition) is 2. The van der Waals surface area contributed by atoms with Crippen LogP contribution in [0.1, 0.15) is 13.8 Å². The summed E-state index contributed by atoms with van der Waals surface area (Å²) >= 11 is 0. The lowest BCUT2D eigenvalue weighted by Crippen LogP contribution is -2.10. The average molecular weight is 144 g/mol. The summed E-state index contributed by atoms with van der Waals surface area (Å²) in [7, 11) is 0. The molecule has 0 aromatic heterocycles. The summed E-state index contributed by atoms with van der Waals surface area (Å²) in [4.78, 5) is 19.0. The molecule has 4 heteroatoms. The van der Waals surface area contributed by atoms with Crippen molar-refractivity contribution in [2.24, 2.45) is 11.5 Å². The van der Waals surface area contributed by atoms with Gasteiger partial charge in [0.1, 0.15) is 0 Å². The molecule has 0 fully saturated rings. The first-order chi connectivity index (χ1) is 4.37.